The fourth-order valence-corrected chi connectivity index (χ4v) is 3.51. The van der Waals surface area contributed by atoms with Crippen molar-refractivity contribution in [1.29, 1.82) is 0 Å². The number of likely N-dealkylation sites (tertiary alicyclic amines) is 1. The van der Waals surface area contributed by atoms with E-state index in [0.29, 0.717) is 30.1 Å². The number of rotatable bonds is 4. The minimum absolute atomic E-state index is 0.437. The third kappa shape index (κ3) is 4.38. The molecule has 6 heteroatoms. The number of hydrogen-bond donors (Lipinski definition) is 1. The van der Waals surface area contributed by atoms with E-state index in [1.54, 1.807) is 6.92 Å². The van der Waals surface area contributed by atoms with Gasteiger partial charge in [0.05, 0.1) is 0 Å². The number of piperidine rings is 1. The van der Waals surface area contributed by atoms with Crippen LogP contribution in [0.15, 0.2) is 39.8 Å². The maximum atomic E-state index is 5.02. The molecule has 1 aromatic heterocycles. The molecule has 1 aliphatic rings. The van der Waals surface area contributed by atoms with Gasteiger partial charge in [-0.1, -0.05) is 42.4 Å². The van der Waals surface area contributed by atoms with Gasteiger partial charge in [-0.05, 0) is 30.7 Å². The van der Waals surface area contributed by atoms with Crippen molar-refractivity contribution >= 4 is 5.96 Å². The fraction of sp³-hybridized carbons (Fsp3) is 0.526. The van der Waals surface area contributed by atoms with Crippen molar-refractivity contribution in [3.63, 3.8) is 0 Å². The van der Waals surface area contributed by atoms with Crippen LogP contribution in [0, 0.1) is 12.8 Å². The third-order valence-corrected chi connectivity index (χ3v) is 4.71. The average molecular weight is 341 g/mol. The topological polar surface area (TPSA) is 66.5 Å². The summed E-state index contributed by atoms with van der Waals surface area (Å²) in [6, 6.07) is 10.8. The summed E-state index contributed by atoms with van der Waals surface area (Å²) in [6.07, 6.45) is 1.14. The first-order chi connectivity index (χ1) is 12.2. The van der Waals surface area contributed by atoms with Crippen molar-refractivity contribution in [1.82, 2.24) is 20.4 Å². The summed E-state index contributed by atoms with van der Waals surface area (Å²) in [5.41, 5.74) is 1.44. The van der Waals surface area contributed by atoms with E-state index in [2.05, 4.69) is 64.5 Å². The summed E-state index contributed by atoms with van der Waals surface area (Å²) >= 11 is 0. The van der Waals surface area contributed by atoms with E-state index in [1.807, 2.05) is 0 Å². The highest BCUT2D eigenvalue weighted by Crippen LogP contribution is 2.32. The van der Waals surface area contributed by atoms with Gasteiger partial charge in [0.25, 0.3) is 0 Å². The maximum Gasteiger partial charge on any atom is 0.223 e. The molecule has 2 heterocycles. The van der Waals surface area contributed by atoms with Crippen LogP contribution in [0.5, 0.6) is 0 Å². The highest BCUT2D eigenvalue weighted by molar-refractivity contribution is 5.80. The van der Waals surface area contributed by atoms with Gasteiger partial charge in [-0.3, -0.25) is 0 Å². The molecule has 0 radical (unpaired) electrons. The summed E-state index contributed by atoms with van der Waals surface area (Å²) < 4.78 is 5.02. The van der Waals surface area contributed by atoms with Gasteiger partial charge >= 0.3 is 0 Å². The molecular weight excluding hydrogens is 314 g/mol. The third-order valence-electron chi connectivity index (χ3n) is 4.71. The van der Waals surface area contributed by atoms with Crippen molar-refractivity contribution in [3.05, 3.63) is 47.6 Å². The Morgan fingerprint density at radius 3 is 2.80 bits per heavy atom. The second-order valence-electron chi connectivity index (χ2n) is 6.63. The quantitative estimate of drug-likeness (QED) is 0.684. The summed E-state index contributed by atoms with van der Waals surface area (Å²) in [5.74, 6) is 3.32. The van der Waals surface area contributed by atoms with E-state index in [-0.39, 0.29) is 0 Å². The molecule has 1 saturated heterocycles. The molecule has 134 valence electrons. The number of aryl methyl sites for hydroxylation is 1. The lowest BCUT2D eigenvalue weighted by atomic mass is 9.82. The number of aromatic nitrogens is 2. The Labute approximate surface area is 149 Å². The average Bonchev–Trinajstić information content (AvgIpc) is 3.04. The monoisotopic (exact) mass is 341 g/mol. The minimum atomic E-state index is 0.437. The zero-order chi connectivity index (χ0) is 17.6. The second kappa shape index (κ2) is 8.14. The highest BCUT2D eigenvalue weighted by atomic mass is 16.5. The molecule has 0 bridgehead atoms. The van der Waals surface area contributed by atoms with Gasteiger partial charge in [0.2, 0.25) is 5.89 Å². The van der Waals surface area contributed by atoms with Gasteiger partial charge < -0.3 is 14.7 Å². The SMILES string of the molecule is CCNC(=NCc1noc(C)n1)N1CCC(c2ccccc2)C(C)C1. The lowest BCUT2D eigenvalue weighted by molar-refractivity contribution is 0.234. The van der Waals surface area contributed by atoms with Crippen LogP contribution in [-0.4, -0.2) is 40.6 Å². The Morgan fingerprint density at radius 2 is 2.16 bits per heavy atom. The molecule has 0 spiro atoms. The molecule has 3 rings (SSSR count). The summed E-state index contributed by atoms with van der Waals surface area (Å²) in [6.45, 7) is 9.49. The zero-order valence-electron chi connectivity index (χ0n) is 15.3. The van der Waals surface area contributed by atoms with Crippen molar-refractivity contribution in [3.8, 4) is 0 Å². The molecular formula is C19H27N5O. The lowest BCUT2D eigenvalue weighted by Gasteiger charge is -2.39. The maximum absolute atomic E-state index is 5.02. The second-order valence-corrected chi connectivity index (χ2v) is 6.63. The molecule has 6 nitrogen and oxygen atoms in total. The first-order valence-electron chi connectivity index (χ1n) is 9.04. The van der Waals surface area contributed by atoms with Crippen LogP contribution in [0.2, 0.25) is 0 Å². The highest BCUT2D eigenvalue weighted by Gasteiger charge is 2.28. The van der Waals surface area contributed by atoms with Crippen LogP contribution in [0.4, 0.5) is 0 Å². The summed E-state index contributed by atoms with van der Waals surface area (Å²) in [5, 5.41) is 7.31. The van der Waals surface area contributed by atoms with Gasteiger partial charge in [-0.25, -0.2) is 4.99 Å². The number of aliphatic imine (C=N–C) groups is 1. The molecule has 1 N–H and O–H groups in total. The normalized spacial score (nSPS) is 21.4. The molecule has 2 unspecified atom stereocenters. The fourth-order valence-electron chi connectivity index (χ4n) is 3.51. The van der Waals surface area contributed by atoms with Crippen LogP contribution >= 0.6 is 0 Å². The molecule has 1 aromatic carbocycles. The number of guanidine groups is 1. The smallest absolute Gasteiger partial charge is 0.223 e. The number of hydrogen-bond acceptors (Lipinski definition) is 4. The standard InChI is InChI=1S/C19H27N5O/c1-4-20-19(21-12-18-22-15(3)25-23-18)24-11-10-17(14(2)13-24)16-8-6-5-7-9-16/h5-9,14,17H,4,10-13H2,1-3H3,(H,20,21). The Morgan fingerprint density at radius 1 is 1.36 bits per heavy atom. The van der Waals surface area contributed by atoms with Gasteiger partial charge in [-0.15, -0.1) is 0 Å². The Bertz CT molecular complexity index is 697. The van der Waals surface area contributed by atoms with Crippen LogP contribution in [0.3, 0.4) is 0 Å². The summed E-state index contributed by atoms with van der Waals surface area (Å²) in [4.78, 5) is 11.3. The van der Waals surface area contributed by atoms with Gasteiger partial charge in [0.15, 0.2) is 11.8 Å². The predicted octanol–water partition coefficient (Wildman–Crippen LogP) is 2.97. The zero-order valence-corrected chi connectivity index (χ0v) is 15.3. The van der Waals surface area contributed by atoms with Gasteiger partial charge in [0, 0.05) is 26.6 Å². The van der Waals surface area contributed by atoms with E-state index in [4.69, 9.17) is 9.52 Å². The molecule has 1 aliphatic heterocycles. The van der Waals surface area contributed by atoms with E-state index < -0.39 is 0 Å². The van der Waals surface area contributed by atoms with Crippen molar-refractivity contribution in [2.24, 2.45) is 10.9 Å². The minimum Gasteiger partial charge on any atom is -0.357 e. The predicted molar refractivity (Wildman–Crippen MR) is 98.4 cm³/mol. The number of nitrogens with zero attached hydrogens (tertiary/aromatic N) is 4. The Hall–Kier alpha value is -2.37. The first-order valence-corrected chi connectivity index (χ1v) is 9.04. The van der Waals surface area contributed by atoms with Crippen LogP contribution < -0.4 is 5.32 Å². The van der Waals surface area contributed by atoms with Gasteiger partial charge in [-0.2, -0.15) is 4.98 Å². The molecule has 25 heavy (non-hydrogen) atoms. The molecule has 2 atom stereocenters. The largest absolute Gasteiger partial charge is 0.357 e. The number of benzene rings is 1. The van der Waals surface area contributed by atoms with E-state index in [1.165, 1.54) is 5.56 Å². The van der Waals surface area contributed by atoms with Crippen LogP contribution in [0.25, 0.3) is 0 Å². The van der Waals surface area contributed by atoms with E-state index in [0.717, 1.165) is 32.0 Å². The molecule has 0 aliphatic carbocycles. The molecule has 0 saturated carbocycles. The first kappa shape index (κ1) is 17.5. The van der Waals surface area contributed by atoms with Crippen molar-refractivity contribution < 1.29 is 4.52 Å². The van der Waals surface area contributed by atoms with Crippen LogP contribution in [0.1, 0.15) is 43.5 Å². The van der Waals surface area contributed by atoms with E-state index >= 15 is 0 Å². The van der Waals surface area contributed by atoms with Crippen molar-refractivity contribution in [2.75, 3.05) is 19.6 Å². The molecule has 1 fully saturated rings. The number of nitrogens with one attached hydrogen (secondary N) is 1. The lowest BCUT2D eigenvalue weighted by Crippen LogP contribution is -2.48. The Balaban J connectivity index is 1.67. The van der Waals surface area contributed by atoms with Gasteiger partial charge in [0.1, 0.15) is 6.54 Å². The van der Waals surface area contributed by atoms with Crippen LogP contribution in [-0.2, 0) is 6.54 Å². The molecule has 2 aromatic rings. The van der Waals surface area contributed by atoms with E-state index in [9.17, 15) is 0 Å². The summed E-state index contributed by atoms with van der Waals surface area (Å²) in [7, 11) is 0. The van der Waals surface area contributed by atoms with Crippen molar-refractivity contribution in [2.45, 2.75) is 39.7 Å². The Kier molecular flexibility index (Phi) is 5.68. The molecule has 0 amide bonds.